The van der Waals surface area contributed by atoms with Crippen LogP contribution in [0.5, 0.6) is 5.88 Å². The third kappa shape index (κ3) is 4.33. The molecule has 0 spiro atoms. The number of halogens is 3. The highest BCUT2D eigenvalue weighted by molar-refractivity contribution is 5.62. The lowest BCUT2D eigenvalue weighted by Crippen LogP contribution is -2.42. The second-order valence-electron chi connectivity index (χ2n) is 7.60. The Balaban J connectivity index is 1.29. The second-order valence-corrected chi connectivity index (χ2v) is 7.60. The molecule has 2 aliphatic rings. The van der Waals surface area contributed by atoms with Crippen LogP contribution in [0.4, 0.5) is 13.2 Å². The van der Waals surface area contributed by atoms with Crippen LogP contribution in [-0.4, -0.2) is 43.6 Å². The van der Waals surface area contributed by atoms with Gasteiger partial charge in [-0.3, -0.25) is 9.99 Å². The third-order valence-electron chi connectivity index (χ3n) is 5.48. The molecule has 0 atom stereocenters. The van der Waals surface area contributed by atoms with Crippen molar-refractivity contribution in [3.05, 3.63) is 65.1 Å². The Kier molecular flexibility index (Phi) is 5.36. The van der Waals surface area contributed by atoms with Gasteiger partial charge in [-0.05, 0) is 31.0 Å². The van der Waals surface area contributed by atoms with Crippen LogP contribution in [0.15, 0.2) is 41.4 Å². The summed E-state index contributed by atoms with van der Waals surface area (Å²) < 4.78 is 54.7. The number of fused-ring (bicyclic) bond motifs is 1. The summed E-state index contributed by atoms with van der Waals surface area (Å²) in [6, 6.07) is 4.08. The number of hydrazine groups is 1. The summed E-state index contributed by atoms with van der Waals surface area (Å²) in [6.07, 6.45) is 0.918. The Morgan fingerprint density at radius 1 is 1.21 bits per heavy atom. The number of rotatable bonds is 5. The molecular weight excluding hydrogens is 441 g/mol. The average molecular weight is 460 g/mol. The van der Waals surface area contributed by atoms with Gasteiger partial charge in [0.1, 0.15) is 30.0 Å². The number of nitrogens with zero attached hydrogens (tertiary/aromatic N) is 6. The van der Waals surface area contributed by atoms with Gasteiger partial charge in [-0.15, -0.1) is 5.10 Å². The lowest BCUT2D eigenvalue weighted by molar-refractivity contribution is -0.141. The summed E-state index contributed by atoms with van der Waals surface area (Å²) in [5.74, 6) is 0.844. The molecule has 12 heteroatoms. The molecule has 3 aromatic heterocycles. The van der Waals surface area contributed by atoms with Crippen molar-refractivity contribution in [1.29, 1.82) is 0 Å². The Morgan fingerprint density at radius 2 is 2.09 bits per heavy atom. The normalized spacial score (nSPS) is 16.1. The molecule has 0 aliphatic carbocycles. The number of alkyl halides is 3. The minimum absolute atomic E-state index is 0.0706. The summed E-state index contributed by atoms with van der Waals surface area (Å²) in [6.45, 7) is 3.68. The molecule has 5 heterocycles. The SMILES string of the molecule is Cc1onc(-c2ccc(C(F)(F)F)nc2)c1COc1cc2c(nn1)CN(N1C=COC1)CC2. The third-order valence-corrected chi connectivity index (χ3v) is 5.48. The van der Waals surface area contributed by atoms with Crippen LogP contribution < -0.4 is 4.74 Å². The van der Waals surface area contributed by atoms with Gasteiger partial charge in [-0.25, -0.2) is 5.01 Å². The fourth-order valence-electron chi connectivity index (χ4n) is 3.66. The molecule has 0 fully saturated rings. The van der Waals surface area contributed by atoms with E-state index in [1.54, 1.807) is 13.2 Å². The van der Waals surface area contributed by atoms with Gasteiger partial charge in [-0.1, -0.05) is 5.16 Å². The van der Waals surface area contributed by atoms with E-state index in [1.165, 1.54) is 6.07 Å². The van der Waals surface area contributed by atoms with Gasteiger partial charge < -0.3 is 14.0 Å². The summed E-state index contributed by atoms with van der Waals surface area (Å²) in [4.78, 5) is 3.49. The van der Waals surface area contributed by atoms with Crippen molar-refractivity contribution in [3.8, 4) is 17.1 Å². The number of hydrogen-bond acceptors (Lipinski definition) is 9. The van der Waals surface area contributed by atoms with Crippen molar-refractivity contribution in [2.24, 2.45) is 0 Å². The molecule has 0 saturated carbocycles. The first-order chi connectivity index (χ1) is 15.9. The standard InChI is InChI=1S/C21H19F3N6O3/c1-13-16(20(28-33-13)15-2-3-18(25-9-15)21(22,23)24)11-32-19-8-14-4-5-29(10-17(14)26-27-19)30-6-7-31-12-30/h2-3,6-9H,4-5,10-12H2,1H3. The first kappa shape index (κ1) is 21.2. The van der Waals surface area contributed by atoms with E-state index < -0.39 is 11.9 Å². The van der Waals surface area contributed by atoms with E-state index in [1.807, 2.05) is 17.3 Å². The van der Waals surface area contributed by atoms with Crippen LogP contribution in [-0.2, 0) is 30.5 Å². The molecule has 33 heavy (non-hydrogen) atoms. The van der Waals surface area contributed by atoms with Crippen molar-refractivity contribution in [1.82, 2.24) is 30.4 Å². The molecular formula is C21H19F3N6O3. The van der Waals surface area contributed by atoms with Crippen LogP contribution in [0.25, 0.3) is 11.3 Å². The maximum absolute atomic E-state index is 12.8. The van der Waals surface area contributed by atoms with Gasteiger partial charge in [0, 0.05) is 24.4 Å². The van der Waals surface area contributed by atoms with Crippen LogP contribution in [0, 0.1) is 6.92 Å². The first-order valence-corrected chi connectivity index (χ1v) is 10.2. The van der Waals surface area contributed by atoms with Crippen LogP contribution in [0.2, 0.25) is 0 Å². The summed E-state index contributed by atoms with van der Waals surface area (Å²) in [5, 5.41) is 16.6. The van der Waals surface area contributed by atoms with Gasteiger partial charge in [0.2, 0.25) is 5.88 Å². The Hall–Kier alpha value is -3.67. The number of ether oxygens (including phenoxy) is 2. The zero-order valence-corrected chi connectivity index (χ0v) is 17.5. The van der Waals surface area contributed by atoms with Crippen LogP contribution in [0.3, 0.4) is 0 Å². The van der Waals surface area contributed by atoms with E-state index in [0.29, 0.717) is 41.7 Å². The highest BCUT2D eigenvalue weighted by Gasteiger charge is 2.32. The Bertz CT molecular complexity index is 1180. The minimum atomic E-state index is -4.51. The van der Waals surface area contributed by atoms with Crippen LogP contribution >= 0.6 is 0 Å². The number of aromatic nitrogens is 4. The van der Waals surface area contributed by atoms with Gasteiger partial charge in [0.25, 0.3) is 0 Å². The second kappa shape index (κ2) is 8.35. The zero-order chi connectivity index (χ0) is 23.0. The molecule has 0 radical (unpaired) electrons. The van der Waals surface area contributed by atoms with E-state index in [4.69, 9.17) is 14.0 Å². The number of aryl methyl sites for hydroxylation is 1. The Morgan fingerprint density at radius 3 is 2.82 bits per heavy atom. The van der Waals surface area contributed by atoms with Crippen molar-refractivity contribution in [3.63, 3.8) is 0 Å². The van der Waals surface area contributed by atoms with Crippen molar-refractivity contribution < 1.29 is 27.2 Å². The molecule has 0 bridgehead atoms. The number of hydrogen-bond donors (Lipinski definition) is 0. The predicted molar refractivity (Wildman–Crippen MR) is 107 cm³/mol. The maximum Gasteiger partial charge on any atom is 0.433 e. The van der Waals surface area contributed by atoms with Crippen molar-refractivity contribution in [2.45, 2.75) is 32.7 Å². The first-order valence-electron chi connectivity index (χ1n) is 10.2. The summed E-state index contributed by atoms with van der Waals surface area (Å²) in [5.41, 5.74) is 2.32. The van der Waals surface area contributed by atoms with E-state index in [9.17, 15) is 13.2 Å². The molecule has 9 nitrogen and oxygen atoms in total. The van der Waals surface area contributed by atoms with E-state index in [-0.39, 0.29) is 6.61 Å². The summed E-state index contributed by atoms with van der Waals surface area (Å²) in [7, 11) is 0. The highest BCUT2D eigenvalue weighted by atomic mass is 19.4. The summed E-state index contributed by atoms with van der Waals surface area (Å²) >= 11 is 0. The molecule has 5 rings (SSSR count). The topological polar surface area (TPSA) is 89.6 Å². The Labute approximate surface area is 186 Å². The lowest BCUT2D eigenvalue weighted by Gasteiger charge is -2.33. The molecule has 0 N–H and O–H groups in total. The fourth-order valence-corrected chi connectivity index (χ4v) is 3.66. The average Bonchev–Trinajstić information content (AvgIpc) is 3.47. The molecule has 172 valence electrons. The predicted octanol–water partition coefficient (Wildman–Crippen LogP) is 3.47. The molecule has 0 amide bonds. The molecule has 0 unspecified atom stereocenters. The largest absolute Gasteiger partial charge is 0.478 e. The quantitative estimate of drug-likeness (QED) is 0.568. The molecule has 2 aliphatic heterocycles. The van der Waals surface area contributed by atoms with Gasteiger partial charge in [0.05, 0.1) is 24.0 Å². The van der Waals surface area contributed by atoms with Crippen LogP contribution in [0.1, 0.15) is 28.3 Å². The van der Waals surface area contributed by atoms with Gasteiger partial charge in [0.15, 0.2) is 6.73 Å². The smallest absolute Gasteiger partial charge is 0.433 e. The van der Waals surface area contributed by atoms with E-state index in [0.717, 1.165) is 36.5 Å². The zero-order valence-electron chi connectivity index (χ0n) is 17.5. The highest BCUT2D eigenvalue weighted by Crippen LogP contribution is 2.31. The van der Waals surface area contributed by atoms with E-state index >= 15 is 0 Å². The number of pyridine rings is 1. The maximum atomic E-state index is 12.8. The van der Waals surface area contributed by atoms with Crippen molar-refractivity contribution in [2.75, 3.05) is 13.3 Å². The fraction of sp³-hybridized carbons (Fsp3) is 0.333. The lowest BCUT2D eigenvalue weighted by atomic mass is 10.1. The minimum Gasteiger partial charge on any atom is -0.478 e. The monoisotopic (exact) mass is 460 g/mol. The van der Waals surface area contributed by atoms with Gasteiger partial charge >= 0.3 is 6.18 Å². The van der Waals surface area contributed by atoms with Crippen molar-refractivity contribution >= 4 is 0 Å². The molecule has 0 saturated heterocycles. The van der Waals surface area contributed by atoms with E-state index in [2.05, 4.69) is 25.3 Å². The molecule has 3 aromatic rings. The molecule has 0 aromatic carbocycles. The van der Waals surface area contributed by atoms with Gasteiger partial charge in [-0.2, -0.15) is 18.3 Å².